The van der Waals surface area contributed by atoms with Gasteiger partial charge < -0.3 is 14.8 Å². The molecule has 0 saturated heterocycles. The summed E-state index contributed by atoms with van der Waals surface area (Å²) in [5.41, 5.74) is 0.516. The molecule has 0 aliphatic heterocycles. The van der Waals surface area contributed by atoms with E-state index in [0.717, 1.165) is 0 Å². The number of anilines is 1. The van der Waals surface area contributed by atoms with Gasteiger partial charge in [0.15, 0.2) is 6.10 Å². The highest BCUT2D eigenvalue weighted by Gasteiger charge is 2.19. The van der Waals surface area contributed by atoms with E-state index in [1.807, 2.05) is 6.92 Å². The standard InChI is InChI=1S/C19H22N2O6S/c1-4-26-16-9-7-15(8-10-16)21-28(24,25)17-11-5-14(6-12-17)19(23)27-13(2)18(22)20-3/h5-13,21H,4H2,1-3H3,(H,20,22)/t13-/m1/s1. The molecule has 0 spiro atoms. The fourth-order valence-corrected chi connectivity index (χ4v) is 3.31. The van der Waals surface area contributed by atoms with Gasteiger partial charge in [0.05, 0.1) is 17.1 Å². The lowest BCUT2D eigenvalue weighted by Gasteiger charge is -2.12. The first-order valence-corrected chi connectivity index (χ1v) is 10.0. The number of esters is 1. The Morgan fingerprint density at radius 2 is 1.64 bits per heavy atom. The largest absolute Gasteiger partial charge is 0.494 e. The van der Waals surface area contributed by atoms with Gasteiger partial charge in [0.2, 0.25) is 0 Å². The molecule has 0 radical (unpaired) electrons. The molecule has 0 heterocycles. The Balaban J connectivity index is 2.08. The van der Waals surface area contributed by atoms with Crippen LogP contribution in [-0.2, 0) is 19.6 Å². The number of carbonyl (C=O) groups is 2. The highest BCUT2D eigenvalue weighted by Crippen LogP contribution is 2.20. The molecule has 0 aromatic heterocycles. The van der Waals surface area contributed by atoms with Crippen molar-refractivity contribution in [2.24, 2.45) is 0 Å². The molecule has 1 amide bonds. The van der Waals surface area contributed by atoms with Crippen molar-refractivity contribution in [3.05, 3.63) is 54.1 Å². The summed E-state index contributed by atoms with van der Waals surface area (Å²) in [4.78, 5) is 23.4. The fraction of sp³-hybridized carbons (Fsp3) is 0.263. The van der Waals surface area contributed by atoms with Gasteiger partial charge in [-0.25, -0.2) is 13.2 Å². The Hall–Kier alpha value is -3.07. The summed E-state index contributed by atoms with van der Waals surface area (Å²) in [6.07, 6.45) is -0.956. The third kappa shape index (κ3) is 5.46. The quantitative estimate of drug-likeness (QED) is 0.650. The van der Waals surface area contributed by atoms with Crippen LogP contribution in [0.4, 0.5) is 5.69 Å². The first kappa shape index (κ1) is 21.2. The second-order valence-corrected chi connectivity index (χ2v) is 7.43. The Morgan fingerprint density at radius 1 is 1.04 bits per heavy atom. The molecule has 0 fully saturated rings. The van der Waals surface area contributed by atoms with Crippen molar-refractivity contribution in [1.29, 1.82) is 0 Å². The average Bonchev–Trinajstić information content (AvgIpc) is 2.68. The molecule has 2 aromatic rings. The molecule has 0 unspecified atom stereocenters. The zero-order chi connectivity index (χ0) is 20.7. The smallest absolute Gasteiger partial charge is 0.338 e. The first-order valence-electron chi connectivity index (χ1n) is 8.55. The van der Waals surface area contributed by atoms with Crippen LogP contribution < -0.4 is 14.8 Å². The maximum Gasteiger partial charge on any atom is 0.338 e. The lowest BCUT2D eigenvalue weighted by atomic mass is 10.2. The maximum absolute atomic E-state index is 12.5. The minimum absolute atomic E-state index is 0.0164. The molecule has 0 aliphatic rings. The number of benzene rings is 2. The van der Waals surface area contributed by atoms with E-state index in [1.54, 1.807) is 24.3 Å². The van der Waals surface area contributed by atoms with Crippen LogP contribution in [0.1, 0.15) is 24.2 Å². The molecular formula is C19H22N2O6S. The molecule has 2 N–H and O–H groups in total. The SMILES string of the molecule is CCOc1ccc(NS(=O)(=O)c2ccc(C(=O)O[C@H](C)C(=O)NC)cc2)cc1. The van der Waals surface area contributed by atoms with Gasteiger partial charge in [-0.2, -0.15) is 0 Å². The molecule has 2 aromatic carbocycles. The summed E-state index contributed by atoms with van der Waals surface area (Å²) in [6, 6.07) is 11.7. The number of hydrogen-bond acceptors (Lipinski definition) is 6. The lowest BCUT2D eigenvalue weighted by Crippen LogP contribution is -2.33. The van der Waals surface area contributed by atoms with Crippen molar-refractivity contribution in [2.75, 3.05) is 18.4 Å². The van der Waals surface area contributed by atoms with Gasteiger partial charge in [-0.15, -0.1) is 0 Å². The van der Waals surface area contributed by atoms with Crippen molar-refractivity contribution in [1.82, 2.24) is 5.32 Å². The van der Waals surface area contributed by atoms with Crippen molar-refractivity contribution >= 4 is 27.6 Å². The van der Waals surface area contributed by atoms with Crippen molar-refractivity contribution in [3.63, 3.8) is 0 Å². The Kier molecular flexibility index (Phi) is 7.00. The van der Waals surface area contributed by atoms with E-state index in [9.17, 15) is 18.0 Å². The summed E-state index contributed by atoms with van der Waals surface area (Å²) >= 11 is 0. The minimum atomic E-state index is -3.83. The molecule has 150 valence electrons. The number of nitrogens with one attached hydrogen (secondary N) is 2. The molecule has 2 rings (SSSR count). The van der Waals surface area contributed by atoms with E-state index < -0.39 is 28.0 Å². The van der Waals surface area contributed by atoms with E-state index in [4.69, 9.17) is 9.47 Å². The highest BCUT2D eigenvalue weighted by atomic mass is 32.2. The van der Waals surface area contributed by atoms with Crippen LogP contribution >= 0.6 is 0 Å². The molecule has 28 heavy (non-hydrogen) atoms. The van der Waals surface area contributed by atoms with Crippen molar-refractivity contribution < 1.29 is 27.5 Å². The van der Waals surface area contributed by atoms with E-state index in [-0.39, 0.29) is 10.5 Å². The van der Waals surface area contributed by atoms with Crippen LogP contribution in [0.15, 0.2) is 53.4 Å². The van der Waals surface area contributed by atoms with E-state index in [2.05, 4.69) is 10.0 Å². The zero-order valence-electron chi connectivity index (χ0n) is 15.8. The van der Waals surface area contributed by atoms with Gasteiger partial charge in [0.25, 0.3) is 15.9 Å². The van der Waals surface area contributed by atoms with Crippen LogP contribution in [0, 0.1) is 0 Å². The molecule has 0 aliphatic carbocycles. The second-order valence-electron chi connectivity index (χ2n) is 5.75. The summed E-state index contributed by atoms with van der Waals surface area (Å²) in [5.74, 6) is -0.522. The van der Waals surface area contributed by atoms with Crippen LogP contribution in [0.3, 0.4) is 0 Å². The normalized spacial score (nSPS) is 12.0. The summed E-state index contributed by atoms with van der Waals surface area (Å²) < 4.78 is 37.8. The average molecular weight is 406 g/mol. The number of rotatable bonds is 8. The van der Waals surface area contributed by atoms with Crippen LogP contribution in [0.25, 0.3) is 0 Å². The fourth-order valence-electron chi connectivity index (χ4n) is 2.26. The number of amides is 1. The highest BCUT2D eigenvalue weighted by molar-refractivity contribution is 7.92. The van der Waals surface area contributed by atoms with Crippen molar-refractivity contribution in [3.8, 4) is 5.75 Å². The molecule has 1 atom stereocenters. The minimum Gasteiger partial charge on any atom is -0.494 e. The molecule has 0 saturated carbocycles. The van der Waals surface area contributed by atoms with Crippen LogP contribution in [0.2, 0.25) is 0 Å². The van der Waals surface area contributed by atoms with Crippen LogP contribution in [-0.4, -0.2) is 40.1 Å². The van der Waals surface area contributed by atoms with Gasteiger partial charge >= 0.3 is 5.97 Å². The summed E-state index contributed by atoms with van der Waals surface area (Å²) in [6.45, 7) is 3.81. The molecule has 0 bridgehead atoms. The Morgan fingerprint density at radius 3 is 2.18 bits per heavy atom. The topological polar surface area (TPSA) is 111 Å². The molecular weight excluding hydrogens is 384 g/mol. The Labute approximate surface area is 163 Å². The maximum atomic E-state index is 12.5. The number of sulfonamides is 1. The van der Waals surface area contributed by atoms with Gasteiger partial charge in [-0.05, 0) is 62.4 Å². The van der Waals surface area contributed by atoms with Crippen LogP contribution in [0.5, 0.6) is 5.75 Å². The summed E-state index contributed by atoms with van der Waals surface area (Å²) in [7, 11) is -2.39. The first-order chi connectivity index (χ1) is 13.3. The number of hydrogen-bond donors (Lipinski definition) is 2. The number of carbonyl (C=O) groups excluding carboxylic acids is 2. The van der Waals surface area contributed by atoms with Gasteiger partial charge in [-0.3, -0.25) is 9.52 Å². The van der Waals surface area contributed by atoms with Gasteiger partial charge in [-0.1, -0.05) is 0 Å². The second kappa shape index (κ2) is 9.23. The summed E-state index contributed by atoms with van der Waals surface area (Å²) in [5, 5.41) is 2.37. The monoisotopic (exact) mass is 406 g/mol. The third-order valence-electron chi connectivity index (χ3n) is 3.72. The predicted molar refractivity (Wildman–Crippen MR) is 104 cm³/mol. The predicted octanol–water partition coefficient (Wildman–Crippen LogP) is 2.18. The number of likely N-dealkylation sites (N-methyl/N-ethyl adjacent to an activating group) is 1. The van der Waals surface area contributed by atoms with Gasteiger partial charge in [0.1, 0.15) is 5.75 Å². The molecule has 8 nitrogen and oxygen atoms in total. The third-order valence-corrected chi connectivity index (χ3v) is 5.11. The molecule has 9 heteroatoms. The Bertz CT molecular complexity index is 924. The van der Waals surface area contributed by atoms with E-state index in [0.29, 0.717) is 18.0 Å². The zero-order valence-corrected chi connectivity index (χ0v) is 16.6. The van der Waals surface area contributed by atoms with Crippen molar-refractivity contribution in [2.45, 2.75) is 24.8 Å². The number of ether oxygens (including phenoxy) is 2. The lowest BCUT2D eigenvalue weighted by molar-refractivity contribution is -0.128. The van der Waals surface area contributed by atoms with E-state index in [1.165, 1.54) is 38.2 Å². The van der Waals surface area contributed by atoms with Gasteiger partial charge in [0, 0.05) is 12.7 Å². The van der Waals surface area contributed by atoms with E-state index >= 15 is 0 Å².